The van der Waals surface area contributed by atoms with Crippen LogP contribution in [-0.4, -0.2) is 49.5 Å². The first-order chi connectivity index (χ1) is 11.2. The van der Waals surface area contributed by atoms with Crippen molar-refractivity contribution in [3.8, 4) is 0 Å². The third-order valence-corrected chi connectivity index (χ3v) is 4.27. The number of aliphatic imine (C=N–C) groups is 1. The van der Waals surface area contributed by atoms with Crippen molar-refractivity contribution in [2.24, 2.45) is 10.9 Å². The molecule has 0 aromatic carbocycles. The van der Waals surface area contributed by atoms with E-state index in [9.17, 15) is 4.79 Å². The van der Waals surface area contributed by atoms with Crippen molar-refractivity contribution in [2.45, 2.75) is 65.7 Å². The van der Waals surface area contributed by atoms with Crippen molar-refractivity contribution in [1.29, 1.82) is 0 Å². The van der Waals surface area contributed by atoms with Gasteiger partial charge in [0.1, 0.15) is 0 Å². The fourth-order valence-corrected chi connectivity index (χ4v) is 2.93. The highest BCUT2D eigenvalue weighted by molar-refractivity contribution is 14.0. The zero-order valence-corrected chi connectivity index (χ0v) is 18.1. The molecule has 0 aromatic rings. The van der Waals surface area contributed by atoms with Crippen LogP contribution in [-0.2, 0) is 4.79 Å². The maximum Gasteiger partial charge on any atom is 0.224 e. The zero-order valence-electron chi connectivity index (χ0n) is 15.8. The van der Waals surface area contributed by atoms with E-state index in [-0.39, 0.29) is 29.9 Å². The number of hydrogen-bond donors (Lipinski definition) is 2. The average Bonchev–Trinajstić information content (AvgIpc) is 2.54. The molecule has 1 fully saturated rings. The lowest BCUT2D eigenvalue weighted by molar-refractivity contribution is -0.132. The third-order valence-electron chi connectivity index (χ3n) is 4.27. The van der Waals surface area contributed by atoms with Gasteiger partial charge in [0, 0.05) is 39.1 Å². The van der Waals surface area contributed by atoms with Crippen LogP contribution < -0.4 is 10.6 Å². The number of halogens is 1. The molecule has 2 N–H and O–H groups in total. The van der Waals surface area contributed by atoms with Crippen molar-refractivity contribution in [3.05, 3.63) is 0 Å². The highest BCUT2D eigenvalue weighted by Crippen LogP contribution is 2.15. The Morgan fingerprint density at radius 2 is 2.00 bits per heavy atom. The molecule has 1 rings (SSSR count). The molecule has 1 heterocycles. The highest BCUT2D eigenvalue weighted by atomic mass is 127. The van der Waals surface area contributed by atoms with Gasteiger partial charge in [-0.25, -0.2) is 0 Å². The molecular weight excluding hydrogens is 415 g/mol. The summed E-state index contributed by atoms with van der Waals surface area (Å²) in [5.41, 5.74) is 0. The van der Waals surface area contributed by atoms with E-state index in [0.717, 1.165) is 45.0 Å². The molecule has 0 aliphatic carbocycles. The van der Waals surface area contributed by atoms with Gasteiger partial charge in [0.05, 0.1) is 0 Å². The summed E-state index contributed by atoms with van der Waals surface area (Å²) in [4.78, 5) is 18.8. The smallest absolute Gasteiger partial charge is 0.224 e. The van der Waals surface area contributed by atoms with Crippen LogP contribution in [0.5, 0.6) is 0 Å². The second-order valence-corrected chi connectivity index (χ2v) is 6.59. The Morgan fingerprint density at radius 1 is 1.21 bits per heavy atom. The van der Waals surface area contributed by atoms with Crippen LogP contribution in [0.2, 0.25) is 0 Å². The van der Waals surface area contributed by atoms with Crippen LogP contribution in [0.1, 0.15) is 65.7 Å². The number of unbranched alkanes of at least 4 members (excludes halogenated alkanes) is 3. The quantitative estimate of drug-likeness (QED) is 0.244. The van der Waals surface area contributed by atoms with E-state index in [0.29, 0.717) is 18.9 Å². The summed E-state index contributed by atoms with van der Waals surface area (Å²) in [5.74, 6) is 1.74. The van der Waals surface area contributed by atoms with E-state index in [4.69, 9.17) is 0 Å². The van der Waals surface area contributed by atoms with Crippen LogP contribution in [0.4, 0.5) is 0 Å². The zero-order chi connectivity index (χ0) is 16.9. The van der Waals surface area contributed by atoms with Gasteiger partial charge in [-0.1, -0.05) is 33.1 Å². The van der Waals surface area contributed by atoms with Crippen LogP contribution in [0.3, 0.4) is 0 Å². The molecule has 0 radical (unpaired) electrons. The summed E-state index contributed by atoms with van der Waals surface area (Å²) in [6.07, 6.45) is 7.84. The van der Waals surface area contributed by atoms with Crippen molar-refractivity contribution in [1.82, 2.24) is 15.5 Å². The van der Waals surface area contributed by atoms with E-state index in [1.165, 1.54) is 25.7 Å². The number of piperidine rings is 1. The molecule has 1 aliphatic rings. The Hall–Kier alpha value is -0.530. The number of nitrogens with zero attached hydrogens (tertiary/aromatic N) is 2. The number of carbonyl (C=O) groups excluding carboxylic acids is 1. The Balaban J connectivity index is 0.00000529. The van der Waals surface area contributed by atoms with Gasteiger partial charge < -0.3 is 15.5 Å². The number of amides is 1. The monoisotopic (exact) mass is 452 g/mol. The lowest BCUT2D eigenvalue weighted by atomic mass is 10.00. The molecule has 0 bridgehead atoms. The molecule has 0 aromatic heterocycles. The summed E-state index contributed by atoms with van der Waals surface area (Å²) in [6, 6.07) is 0. The van der Waals surface area contributed by atoms with E-state index in [1.807, 2.05) is 4.90 Å². The fourth-order valence-electron chi connectivity index (χ4n) is 2.93. The molecule has 1 amide bonds. The van der Waals surface area contributed by atoms with Crippen LogP contribution in [0.25, 0.3) is 0 Å². The minimum Gasteiger partial charge on any atom is -0.357 e. The minimum absolute atomic E-state index is 0. The van der Waals surface area contributed by atoms with E-state index in [2.05, 4.69) is 36.4 Å². The van der Waals surface area contributed by atoms with Gasteiger partial charge in [-0.05, 0) is 32.1 Å². The fraction of sp³-hybridized carbons (Fsp3) is 0.889. The molecule has 5 nitrogen and oxygen atoms in total. The Kier molecular flexibility index (Phi) is 14.5. The van der Waals surface area contributed by atoms with E-state index < -0.39 is 0 Å². The predicted octanol–water partition coefficient (Wildman–Crippen LogP) is 3.39. The average molecular weight is 452 g/mol. The van der Waals surface area contributed by atoms with Crippen LogP contribution in [0.15, 0.2) is 4.99 Å². The summed E-state index contributed by atoms with van der Waals surface area (Å²) in [6.45, 7) is 10.7. The molecule has 6 heteroatoms. The first-order valence-corrected chi connectivity index (χ1v) is 9.47. The highest BCUT2D eigenvalue weighted by Gasteiger charge is 2.20. The normalized spacial score (nSPS) is 18.0. The number of hydrogen-bond acceptors (Lipinski definition) is 2. The summed E-state index contributed by atoms with van der Waals surface area (Å²) in [7, 11) is 0. The topological polar surface area (TPSA) is 56.7 Å². The molecule has 0 saturated carbocycles. The number of carbonyl (C=O) groups is 1. The molecule has 0 spiro atoms. The van der Waals surface area contributed by atoms with E-state index in [1.54, 1.807) is 0 Å². The molecule has 142 valence electrons. The standard InChI is InChI=1S/C18H36N4O.HI/c1-4-6-7-8-12-20-18(19-5-2)21-13-11-17(23)22-14-9-10-16(3)15-22;/h16H,4-15H2,1-3H3,(H2,19,20,21);1H. The predicted molar refractivity (Wildman–Crippen MR) is 113 cm³/mol. The third kappa shape index (κ3) is 10.4. The summed E-state index contributed by atoms with van der Waals surface area (Å²) < 4.78 is 0. The Labute approximate surface area is 165 Å². The lowest BCUT2D eigenvalue weighted by Gasteiger charge is -2.31. The van der Waals surface area contributed by atoms with Gasteiger partial charge in [-0.15, -0.1) is 24.0 Å². The maximum atomic E-state index is 12.2. The van der Waals surface area contributed by atoms with Crippen molar-refractivity contribution in [2.75, 3.05) is 32.7 Å². The number of guanidine groups is 1. The van der Waals surface area contributed by atoms with Gasteiger partial charge in [0.2, 0.25) is 5.91 Å². The van der Waals surface area contributed by atoms with Gasteiger partial charge in [-0.3, -0.25) is 9.79 Å². The number of rotatable bonds is 9. The molecule has 24 heavy (non-hydrogen) atoms. The summed E-state index contributed by atoms with van der Waals surface area (Å²) >= 11 is 0. The maximum absolute atomic E-state index is 12.2. The second kappa shape index (κ2) is 14.8. The Morgan fingerprint density at radius 3 is 2.67 bits per heavy atom. The van der Waals surface area contributed by atoms with E-state index >= 15 is 0 Å². The SMILES string of the molecule is CCCCCCN=C(NCC)NCCC(=O)N1CCCC(C)C1.I. The molecule has 1 unspecified atom stereocenters. The second-order valence-electron chi connectivity index (χ2n) is 6.59. The van der Waals surface area contributed by atoms with Crippen molar-refractivity contribution < 1.29 is 4.79 Å². The van der Waals surface area contributed by atoms with Gasteiger partial charge >= 0.3 is 0 Å². The molecule has 1 saturated heterocycles. The summed E-state index contributed by atoms with van der Waals surface area (Å²) in [5, 5.41) is 6.53. The molecule has 1 atom stereocenters. The first-order valence-electron chi connectivity index (χ1n) is 9.47. The Bertz CT molecular complexity index is 363. The van der Waals surface area contributed by atoms with Gasteiger partial charge in [0.15, 0.2) is 5.96 Å². The molecule has 1 aliphatic heterocycles. The van der Waals surface area contributed by atoms with Crippen molar-refractivity contribution >= 4 is 35.8 Å². The first kappa shape index (κ1) is 23.5. The molecular formula is C18H37IN4O. The largest absolute Gasteiger partial charge is 0.357 e. The van der Waals surface area contributed by atoms with Gasteiger partial charge in [-0.2, -0.15) is 0 Å². The lowest BCUT2D eigenvalue weighted by Crippen LogP contribution is -2.42. The number of likely N-dealkylation sites (tertiary alicyclic amines) is 1. The minimum atomic E-state index is 0. The number of nitrogens with one attached hydrogen (secondary N) is 2. The van der Waals surface area contributed by atoms with Crippen molar-refractivity contribution in [3.63, 3.8) is 0 Å². The van der Waals surface area contributed by atoms with Gasteiger partial charge in [0.25, 0.3) is 0 Å². The van der Waals surface area contributed by atoms with Crippen LogP contribution >= 0.6 is 24.0 Å². The van der Waals surface area contributed by atoms with Crippen LogP contribution in [0, 0.1) is 5.92 Å².